The minimum absolute atomic E-state index is 0.153. The van der Waals surface area contributed by atoms with Crippen molar-refractivity contribution in [3.63, 3.8) is 0 Å². The highest BCUT2D eigenvalue weighted by atomic mass is 32.2. The third-order valence-corrected chi connectivity index (χ3v) is 6.90. The minimum Gasteiger partial charge on any atom is -0.341 e. The second kappa shape index (κ2) is 6.02. The quantitative estimate of drug-likeness (QED) is 0.837. The number of nitrogens with zero attached hydrogens (tertiary/aromatic N) is 1. The lowest BCUT2D eigenvalue weighted by molar-refractivity contribution is -0.136. The summed E-state index contributed by atoms with van der Waals surface area (Å²) in [7, 11) is -3.39. The van der Waals surface area contributed by atoms with Gasteiger partial charge in [-0.1, -0.05) is 13.3 Å². The largest absolute Gasteiger partial charge is 0.341 e. The van der Waals surface area contributed by atoms with Gasteiger partial charge in [0.05, 0.1) is 0 Å². The Kier molecular flexibility index (Phi) is 4.74. The fraction of sp³-hybridized carbons (Fsp3) is 0.929. The maximum Gasteiger partial charge on any atom is 0.244 e. The Balaban J connectivity index is 2.23. The highest BCUT2D eigenvalue weighted by Crippen LogP contribution is 2.32. The summed E-state index contributed by atoms with van der Waals surface area (Å²) in [6, 6.07) is 0. The normalized spacial score (nSPS) is 27.3. The van der Waals surface area contributed by atoms with E-state index in [0.717, 1.165) is 25.8 Å². The second-order valence-corrected chi connectivity index (χ2v) is 8.51. The van der Waals surface area contributed by atoms with Gasteiger partial charge in [-0.15, -0.1) is 0 Å². The van der Waals surface area contributed by atoms with Gasteiger partial charge in [0.1, 0.15) is 0 Å². The van der Waals surface area contributed by atoms with E-state index in [1.54, 1.807) is 0 Å². The Morgan fingerprint density at radius 3 is 2.55 bits per heavy atom. The van der Waals surface area contributed by atoms with Crippen molar-refractivity contribution in [3.8, 4) is 0 Å². The van der Waals surface area contributed by atoms with E-state index in [0.29, 0.717) is 38.4 Å². The van der Waals surface area contributed by atoms with E-state index in [9.17, 15) is 13.2 Å². The molecule has 0 radical (unpaired) electrons. The van der Waals surface area contributed by atoms with Gasteiger partial charge in [0.15, 0.2) is 14.6 Å². The summed E-state index contributed by atoms with van der Waals surface area (Å²) in [4.78, 5) is 14.7. The molecule has 2 aliphatic heterocycles. The molecule has 0 aromatic carbocycles. The number of hydrogen-bond donors (Lipinski definition) is 1. The average Bonchev–Trinajstić information content (AvgIpc) is 2.46. The Morgan fingerprint density at radius 2 is 2.00 bits per heavy atom. The van der Waals surface area contributed by atoms with Crippen molar-refractivity contribution >= 4 is 15.7 Å². The molecule has 0 spiro atoms. The molecule has 2 rings (SSSR count). The van der Waals surface area contributed by atoms with Gasteiger partial charge >= 0.3 is 0 Å². The monoisotopic (exact) mass is 302 g/mol. The predicted molar refractivity (Wildman–Crippen MR) is 79.3 cm³/mol. The Morgan fingerprint density at radius 1 is 1.35 bits per heavy atom. The topological polar surface area (TPSA) is 66.5 Å². The van der Waals surface area contributed by atoms with Crippen molar-refractivity contribution in [2.24, 2.45) is 5.92 Å². The zero-order valence-corrected chi connectivity index (χ0v) is 13.3. The van der Waals surface area contributed by atoms with Crippen molar-refractivity contribution in [1.29, 1.82) is 0 Å². The molecule has 1 unspecified atom stereocenters. The summed E-state index contributed by atoms with van der Waals surface area (Å²) in [5.41, 5.74) is 0. The van der Waals surface area contributed by atoms with E-state index in [1.807, 2.05) is 4.90 Å². The zero-order chi connectivity index (χ0) is 14.8. The first-order valence-electron chi connectivity index (χ1n) is 7.60. The van der Waals surface area contributed by atoms with Crippen LogP contribution in [0.5, 0.6) is 0 Å². The number of rotatable bonds is 3. The summed E-state index contributed by atoms with van der Waals surface area (Å²) >= 11 is 0. The molecular weight excluding hydrogens is 276 g/mol. The summed E-state index contributed by atoms with van der Waals surface area (Å²) in [6.45, 7) is 4.77. The molecule has 2 heterocycles. The third kappa shape index (κ3) is 2.86. The number of carbonyl (C=O) groups is 1. The number of hydrogen-bond acceptors (Lipinski definition) is 4. The summed E-state index contributed by atoms with van der Waals surface area (Å²) in [5, 5.41) is 3.15. The zero-order valence-electron chi connectivity index (χ0n) is 12.5. The molecule has 0 bridgehead atoms. The van der Waals surface area contributed by atoms with Gasteiger partial charge in [-0.25, -0.2) is 8.42 Å². The van der Waals surface area contributed by atoms with E-state index < -0.39 is 14.6 Å². The molecular formula is C14H26N2O3S. The second-order valence-electron chi connectivity index (χ2n) is 6.18. The molecule has 2 saturated heterocycles. The summed E-state index contributed by atoms with van der Waals surface area (Å²) in [6.07, 6.45) is 5.21. The SMILES string of the molecule is CCC1CCCN(C(=O)C2(S(C)(=O)=O)CCNCC2)C1. The van der Waals surface area contributed by atoms with Crippen LogP contribution in [0.3, 0.4) is 0 Å². The van der Waals surface area contributed by atoms with Crippen LogP contribution in [0.4, 0.5) is 0 Å². The third-order valence-electron chi connectivity index (χ3n) is 4.89. The van der Waals surface area contributed by atoms with Gasteiger partial charge in [0.2, 0.25) is 5.91 Å². The van der Waals surface area contributed by atoms with Crippen LogP contribution in [-0.2, 0) is 14.6 Å². The number of sulfone groups is 1. The van der Waals surface area contributed by atoms with E-state index in [1.165, 1.54) is 6.26 Å². The Bertz CT molecular complexity index is 455. The molecule has 2 aliphatic rings. The van der Waals surface area contributed by atoms with Crippen molar-refractivity contribution < 1.29 is 13.2 Å². The predicted octanol–water partition coefficient (Wildman–Crippen LogP) is 0.802. The van der Waals surface area contributed by atoms with Gasteiger partial charge in [-0.2, -0.15) is 0 Å². The molecule has 116 valence electrons. The molecule has 0 aliphatic carbocycles. The molecule has 2 fully saturated rings. The van der Waals surface area contributed by atoms with Crippen LogP contribution in [0.2, 0.25) is 0 Å². The smallest absolute Gasteiger partial charge is 0.244 e. The van der Waals surface area contributed by atoms with Crippen LogP contribution in [0.15, 0.2) is 0 Å². The standard InChI is InChI=1S/C14H26N2O3S/c1-3-12-5-4-10-16(11-12)13(17)14(20(2,18)19)6-8-15-9-7-14/h12,15H,3-11H2,1-2H3. The summed E-state index contributed by atoms with van der Waals surface area (Å²) in [5.74, 6) is 0.366. The molecule has 0 saturated carbocycles. The van der Waals surface area contributed by atoms with Gasteiger partial charge in [0.25, 0.3) is 0 Å². The molecule has 6 heteroatoms. The number of nitrogens with one attached hydrogen (secondary N) is 1. The molecule has 1 atom stereocenters. The lowest BCUT2D eigenvalue weighted by atomic mass is 9.91. The van der Waals surface area contributed by atoms with Gasteiger partial charge in [-0.3, -0.25) is 4.79 Å². The first-order valence-corrected chi connectivity index (χ1v) is 9.49. The van der Waals surface area contributed by atoms with Crippen LogP contribution >= 0.6 is 0 Å². The number of amides is 1. The summed E-state index contributed by atoms with van der Waals surface area (Å²) < 4.78 is 23.3. The number of likely N-dealkylation sites (tertiary alicyclic amines) is 1. The van der Waals surface area contributed by atoms with Crippen molar-refractivity contribution in [2.45, 2.75) is 43.8 Å². The van der Waals surface area contributed by atoms with Gasteiger partial charge in [0, 0.05) is 19.3 Å². The fourth-order valence-corrected chi connectivity index (χ4v) is 4.84. The van der Waals surface area contributed by atoms with Gasteiger partial charge in [-0.05, 0) is 44.7 Å². The lowest BCUT2D eigenvalue weighted by Gasteiger charge is -2.41. The number of carbonyl (C=O) groups excluding carboxylic acids is 1. The molecule has 0 aromatic heterocycles. The Labute approximate surface area is 122 Å². The van der Waals surface area contributed by atoms with Crippen molar-refractivity contribution in [1.82, 2.24) is 10.2 Å². The maximum atomic E-state index is 12.9. The fourth-order valence-electron chi connectivity index (χ4n) is 3.44. The molecule has 20 heavy (non-hydrogen) atoms. The lowest BCUT2D eigenvalue weighted by Crippen LogP contribution is -2.59. The van der Waals surface area contributed by atoms with Crippen LogP contribution in [0, 0.1) is 5.92 Å². The van der Waals surface area contributed by atoms with E-state index in [4.69, 9.17) is 0 Å². The van der Waals surface area contributed by atoms with E-state index in [2.05, 4.69) is 12.2 Å². The van der Waals surface area contributed by atoms with Gasteiger partial charge < -0.3 is 10.2 Å². The molecule has 1 amide bonds. The van der Waals surface area contributed by atoms with E-state index >= 15 is 0 Å². The maximum absolute atomic E-state index is 12.9. The molecule has 5 nitrogen and oxygen atoms in total. The van der Waals surface area contributed by atoms with Crippen LogP contribution in [0.1, 0.15) is 39.0 Å². The highest BCUT2D eigenvalue weighted by molar-refractivity contribution is 7.92. The average molecular weight is 302 g/mol. The molecule has 0 aromatic rings. The van der Waals surface area contributed by atoms with Crippen LogP contribution < -0.4 is 5.32 Å². The molecule has 1 N–H and O–H groups in total. The van der Waals surface area contributed by atoms with Crippen LogP contribution in [-0.4, -0.2) is 56.4 Å². The van der Waals surface area contributed by atoms with Crippen molar-refractivity contribution in [3.05, 3.63) is 0 Å². The Hall–Kier alpha value is -0.620. The highest BCUT2D eigenvalue weighted by Gasteiger charge is 2.50. The van der Waals surface area contributed by atoms with Crippen molar-refractivity contribution in [2.75, 3.05) is 32.4 Å². The first-order chi connectivity index (χ1) is 9.40. The first kappa shape index (κ1) is 15.8. The van der Waals surface area contributed by atoms with Crippen LogP contribution in [0.25, 0.3) is 0 Å². The van der Waals surface area contributed by atoms with E-state index in [-0.39, 0.29) is 5.91 Å². The minimum atomic E-state index is -3.39. The number of piperidine rings is 2.